The SMILES string of the molecule is CCN1CC(NCCCO)CC(c2ccc(F)cc2)C1. The molecule has 1 fully saturated rings. The van der Waals surface area contributed by atoms with E-state index in [0.29, 0.717) is 12.0 Å². The van der Waals surface area contributed by atoms with Crippen LogP contribution in [0, 0.1) is 5.82 Å². The quantitative estimate of drug-likeness (QED) is 0.782. The van der Waals surface area contributed by atoms with E-state index in [4.69, 9.17) is 5.11 Å². The Labute approximate surface area is 120 Å². The number of likely N-dealkylation sites (tertiary alicyclic amines) is 1. The van der Waals surface area contributed by atoms with E-state index in [9.17, 15) is 4.39 Å². The summed E-state index contributed by atoms with van der Waals surface area (Å²) in [6.45, 7) is 6.40. The van der Waals surface area contributed by atoms with Crippen LogP contribution in [0.5, 0.6) is 0 Å². The first-order chi connectivity index (χ1) is 9.72. The van der Waals surface area contributed by atoms with Gasteiger partial charge in [-0.2, -0.15) is 0 Å². The third-order valence-electron chi connectivity index (χ3n) is 4.08. The van der Waals surface area contributed by atoms with Crippen molar-refractivity contribution in [3.63, 3.8) is 0 Å². The number of benzene rings is 1. The zero-order chi connectivity index (χ0) is 14.4. The number of nitrogens with one attached hydrogen (secondary N) is 1. The first kappa shape index (κ1) is 15.4. The lowest BCUT2D eigenvalue weighted by Crippen LogP contribution is -2.48. The minimum absolute atomic E-state index is 0.172. The summed E-state index contributed by atoms with van der Waals surface area (Å²) in [5, 5.41) is 12.4. The van der Waals surface area contributed by atoms with E-state index in [1.54, 1.807) is 12.1 Å². The van der Waals surface area contributed by atoms with Gasteiger partial charge in [-0.25, -0.2) is 4.39 Å². The predicted molar refractivity (Wildman–Crippen MR) is 79.4 cm³/mol. The molecule has 1 saturated heterocycles. The summed E-state index contributed by atoms with van der Waals surface area (Å²) in [5.74, 6) is 0.283. The Kier molecular flexibility index (Phi) is 5.95. The fraction of sp³-hybridized carbons (Fsp3) is 0.625. The average molecular weight is 280 g/mol. The van der Waals surface area contributed by atoms with E-state index in [1.165, 1.54) is 5.56 Å². The van der Waals surface area contributed by atoms with Gasteiger partial charge < -0.3 is 15.3 Å². The minimum Gasteiger partial charge on any atom is -0.396 e. The first-order valence-corrected chi connectivity index (χ1v) is 7.55. The lowest BCUT2D eigenvalue weighted by atomic mass is 9.88. The van der Waals surface area contributed by atoms with Crippen LogP contribution in [0.25, 0.3) is 0 Å². The number of rotatable bonds is 6. The molecule has 1 aromatic carbocycles. The minimum atomic E-state index is -0.172. The highest BCUT2D eigenvalue weighted by Crippen LogP contribution is 2.27. The lowest BCUT2D eigenvalue weighted by Gasteiger charge is -2.38. The number of hydrogen-bond donors (Lipinski definition) is 2. The van der Waals surface area contributed by atoms with E-state index in [0.717, 1.165) is 39.0 Å². The Morgan fingerprint density at radius 3 is 2.70 bits per heavy atom. The van der Waals surface area contributed by atoms with Crippen molar-refractivity contribution >= 4 is 0 Å². The second kappa shape index (κ2) is 7.72. The molecule has 1 aliphatic rings. The van der Waals surface area contributed by atoms with Crippen LogP contribution in [0.15, 0.2) is 24.3 Å². The van der Waals surface area contributed by atoms with Crippen molar-refractivity contribution in [3.8, 4) is 0 Å². The second-order valence-electron chi connectivity index (χ2n) is 5.56. The largest absolute Gasteiger partial charge is 0.396 e. The summed E-state index contributed by atoms with van der Waals surface area (Å²) in [5.41, 5.74) is 1.22. The van der Waals surface area contributed by atoms with E-state index in [1.807, 2.05) is 12.1 Å². The maximum atomic E-state index is 13.0. The third kappa shape index (κ3) is 4.27. The molecule has 0 amide bonds. The van der Waals surface area contributed by atoms with Crippen molar-refractivity contribution in [2.75, 3.05) is 32.8 Å². The number of piperidine rings is 1. The van der Waals surface area contributed by atoms with E-state index >= 15 is 0 Å². The van der Waals surface area contributed by atoms with Crippen LogP contribution in [0.2, 0.25) is 0 Å². The molecule has 0 spiro atoms. The van der Waals surface area contributed by atoms with Gasteiger partial charge in [0.05, 0.1) is 0 Å². The van der Waals surface area contributed by atoms with Gasteiger partial charge in [0, 0.05) is 25.7 Å². The molecule has 2 rings (SSSR count). The molecule has 0 radical (unpaired) electrons. The first-order valence-electron chi connectivity index (χ1n) is 7.55. The van der Waals surface area contributed by atoms with Gasteiger partial charge in [0.1, 0.15) is 5.82 Å². The summed E-state index contributed by atoms with van der Waals surface area (Å²) in [7, 11) is 0. The van der Waals surface area contributed by atoms with Crippen LogP contribution in [0.4, 0.5) is 4.39 Å². The van der Waals surface area contributed by atoms with E-state index in [-0.39, 0.29) is 12.4 Å². The van der Waals surface area contributed by atoms with Crippen molar-refractivity contribution < 1.29 is 9.50 Å². The van der Waals surface area contributed by atoms with Crippen LogP contribution in [0.3, 0.4) is 0 Å². The van der Waals surface area contributed by atoms with Gasteiger partial charge >= 0.3 is 0 Å². The van der Waals surface area contributed by atoms with Crippen LogP contribution < -0.4 is 5.32 Å². The molecule has 0 aliphatic carbocycles. The number of aliphatic hydroxyl groups is 1. The molecule has 112 valence electrons. The molecular weight excluding hydrogens is 255 g/mol. The normalized spacial score (nSPS) is 23.9. The smallest absolute Gasteiger partial charge is 0.123 e. The van der Waals surface area contributed by atoms with Gasteiger partial charge in [0.25, 0.3) is 0 Å². The number of likely N-dealkylation sites (N-methyl/N-ethyl adjacent to an activating group) is 1. The molecule has 20 heavy (non-hydrogen) atoms. The average Bonchev–Trinajstić information content (AvgIpc) is 2.48. The fourth-order valence-corrected chi connectivity index (χ4v) is 2.96. The number of nitrogens with zero attached hydrogens (tertiary/aromatic N) is 1. The molecule has 3 nitrogen and oxygen atoms in total. The monoisotopic (exact) mass is 280 g/mol. The summed E-state index contributed by atoms with van der Waals surface area (Å²) in [6, 6.07) is 7.36. The van der Waals surface area contributed by atoms with Crippen molar-refractivity contribution in [1.29, 1.82) is 0 Å². The maximum absolute atomic E-state index is 13.0. The molecule has 0 saturated carbocycles. The van der Waals surface area contributed by atoms with Crippen LogP contribution >= 0.6 is 0 Å². The molecular formula is C16H25FN2O. The van der Waals surface area contributed by atoms with Crippen LogP contribution in [-0.2, 0) is 0 Å². The van der Waals surface area contributed by atoms with Gasteiger partial charge in [0.15, 0.2) is 0 Å². The topological polar surface area (TPSA) is 35.5 Å². The highest BCUT2D eigenvalue weighted by molar-refractivity contribution is 5.22. The van der Waals surface area contributed by atoms with Gasteiger partial charge in [-0.05, 0) is 49.5 Å². The Morgan fingerprint density at radius 2 is 2.05 bits per heavy atom. The van der Waals surface area contributed by atoms with Crippen LogP contribution in [-0.4, -0.2) is 48.8 Å². The molecule has 2 unspecified atom stereocenters. The van der Waals surface area contributed by atoms with Crippen molar-refractivity contribution in [3.05, 3.63) is 35.6 Å². The standard InChI is InChI=1S/C16H25FN2O/c1-2-19-11-14(13-4-6-15(17)7-5-13)10-16(12-19)18-8-3-9-20/h4-7,14,16,18,20H,2-3,8-12H2,1H3. The number of hydrogen-bond acceptors (Lipinski definition) is 3. The molecule has 0 aromatic heterocycles. The highest BCUT2D eigenvalue weighted by Gasteiger charge is 2.26. The summed E-state index contributed by atoms with van der Waals surface area (Å²) in [4.78, 5) is 2.44. The highest BCUT2D eigenvalue weighted by atomic mass is 19.1. The Hall–Kier alpha value is -0.970. The summed E-state index contributed by atoms with van der Waals surface area (Å²) < 4.78 is 13.0. The molecule has 1 aromatic rings. The zero-order valence-electron chi connectivity index (χ0n) is 12.2. The fourth-order valence-electron chi connectivity index (χ4n) is 2.96. The van der Waals surface area contributed by atoms with Gasteiger partial charge in [0.2, 0.25) is 0 Å². The summed E-state index contributed by atoms with van der Waals surface area (Å²) in [6.07, 6.45) is 1.87. The van der Waals surface area contributed by atoms with Crippen molar-refractivity contribution in [1.82, 2.24) is 10.2 Å². The maximum Gasteiger partial charge on any atom is 0.123 e. The molecule has 1 aliphatic heterocycles. The van der Waals surface area contributed by atoms with Gasteiger partial charge in [-0.1, -0.05) is 19.1 Å². The number of halogens is 1. The molecule has 0 bridgehead atoms. The second-order valence-corrected chi connectivity index (χ2v) is 5.56. The lowest BCUT2D eigenvalue weighted by molar-refractivity contribution is 0.176. The van der Waals surface area contributed by atoms with Gasteiger partial charge in [-0.15, -0.1) is 0 Å². The molecule has 2 N–H and O–H groups in total. The van der Waals surface area contributed by atoms with E-state index < -0.39 is 0 Å². The van der Waals surface area contributed by atoms with E-state index in [2.05, 4.69) is 17.1 Å². The molecule has 2 atom stereocenters. The van der Waals surface area contributed by atoms with Crippen molar-refractivity contribution in [2.45, 2.75) is 31.7 Å². The van der Waals surface area contributed by atoms with Crippen LogP contribution in [0.1, 0.15) is 31.2 Å². The Balaban J connectivity index is 1.98. The molecule has 4 heteroatoms. The number of aliphatic hydroxyl groups excluding tert-OH is 1. The summed E-state index contributed by atoms with van der Waals surface area (Å²) >= 11 is 0. The van der Waals surface area contributed by atoms with Crippen molar-refractivity contribution in [2.24, 2.45) is 0 Å². The third-order valence-corrected chi connectivity index (χ3v) is 4.08. The van der Waals surface area contributed by atoms with Gasteiger partial charge in [-0.3, -0.25) is 0 Å². The Bertz CT molecular complexity index is 396. The molecule has 1 heterocycles. The zero-order valence-corrected chi connectivity index (χ0v) is 12.2. The predicted octanol–water partition coefficient (Wildman–Crippen LogP) is 1.98. The Morgan fingerprint density at radius 1 is 1.30 bits per heavy atom.